The third-order valence-electron chi connectivity index (χ3n) is 5.42. The van der Waals surface area contributed by atoms with Crippen LogP contribution in [0.1, 0.15) is 23.2 Å². The van der Waals surface area contributed by atoms with Crippen LogP contribution in [0.3, 0.4) is 0 Å². The largest absolute Gasteiger partial charge is 0.309 e. The van der Waals surface area contributed by atoms with Gasteiger partial charge >= 0.3 is 0 Å². The Bertz CT molecular complexity index is 1240. The van der Waals surface area contributed by atoms with Crippen LogP contribution in [0, 0.1) is 5.82 Å². The zero-order valence-corrected chi connectivity index (χ0v) is 17.6. The Morgan fingerprint density at radius 2 is 1.87 bits per heavy atom. The number of hydrogen-bond donors (Lipinski definition) is 1. The molecule has 0 saturated carbocycles. The molecule has 2 aromatic carbocycles. The molecule has 6 heteroatoms. The standard InChI is InChI=1S/C25H20FN3OS/c26-18-10-11-19-17(15-18)9-12-20-23(19)29-24(21-7-4-14-31-21)25(27-20)28-22(30)13-8-16-5-2-1-3-6-16/h1-7,10-11,14-15H,8-9,12-13H2,(H,27,28,30). The Kier molecular flexibility index (Phi) is 5.30. The van der Waals surface area contributed by atoms with Crippen molar-refractivity contribution in [2.24, 2.45) is 0 Å². The van der Waals surface area contributed by atoms with E-state index in [-0.39, 0.29) is 11.7 Å². The summed E-state index contributed by atoms with van der Waals surface area (Å²) in [6, 6.07) is 18.7. The molecule has 154 valence electrons. The zero-order chi connectivity index (χ0) is 21.2. The Morgan fingerprint density at radius 1 is 1.00 bits per heavy atom. The monoisotopic (exact) mass is 429 g/mol. The summed E-state index contributed by atoms with van der Waals surface area (Å²) in [5, 5.41) is 4.96. The quantitative estimate of drug-likeness (QED) is 0.444. The number of aryl methyl sites for hydroxylation is 3. The third kappa shape index (κ3) is 4.11. The summed E-state index contributed by atoms with van der Waals surface area (Å²) in [6.07, 6.45) is 2.40. The lowest BCUT2D eigenvalue weighted by Gasteiger charge is -2.20. The third-order valence-corrected chi connectivity index (χ3v) is 6.29. The van der Waals surface area contributed by atoms with Crippen molar-refractivity contribution in [3.63, 3.8) is 0 Å². The van der Waals surface area contributed by atoms with Crippen LogP contribution < -0.4 is 5.32 Å². The minimum absolute atomic E-state index is 0.0887. The Hall–Kier alpha value is -3.38. The topological polar surface area (TPSA) is 54.9 Å². The lowest BCUT2D eigenvalue weighted by molar-refractivity contribution is -0.116. The highest BCUT2D eigenvalue weighted by Gasteiger charge is 2.23. The summed E-state index contributed by atoms with van der Waals surface area (Å²) >= 11 is 1.55. The van der Waals surface area contributed by atoms with Gasteiger partial charge in [-0.25, -0.2) is 14.4 Å². The van der Waals surface area contributed by atoms with Gasteiger partial charge in [0.15, 0.2) is 5.82 Å². The van der Waals surface area contributed by atoms with Gasteiger partial charge in [0, 0.05) is 12.0 Å². The first-order valence-electron chi connectivity index (χ1n) is 10.2. The fourth-order valence-electron chi connectivity index (χ4n) is 3.88. The lowest BCUT2D eigenvalue weighted by atomic mass is 9.91. The van der Waals surface area contributed by atoms with E-state index in [9.17, 15) is 9.18 Å². The minimum Gasteiger partial charge on any atom is -0.309 e. The average molecular weight is 430 g/mol. The SMILES string of the molecule is O=C(CCc1ccccc1)Nc1nc2c(nc1-c1cccs1)-c1ccc(F)cc1CC2. The highest BCUT2D eigenvalue weighted by molar-refractivity contribution is 7.13. The fourth-order valence-corrected chi connectivity index (χ4v) is 4.60. The minimum atomic E-state index is -0.240. The maximum Gasteiger partial charge on any atom is 0.225 e. The molecule has 1 aliphatic carbocycles. The molecule has 0 atom stereocenters. The smallest absolute Gasteiger partial charge is 0.225 e. The Morgan fingerprint density at radius 3 is 2.68 bits per heavy atom. The molecule has 2 heterocycles. The van der Waals surface area contributed by atoms with Gasteiger partial charge in [-0.15, -0.1) is 11.3 Å². The first-order chi connectivity index (χ1) is 15.2. The molecule has 31 heavy (non-hydrogen) atoms. The Labute approximate surface area is 183 Å². The molecule has 4 aromatic rings. The van der Waals surface area contributed by atoms with E-state index in [1.54, 1.807) is 23.5 Å². The predicted octanol–water partition coefficient (Wildman–Crippen LogP) is 5.68. The first-order valence-corrected chi connectivity index (χ1v) is 11.1. The number of fused-ring (bicyclic) bond motifs is 3. The Balaban J connectivity index is 1.47. The molecule has 0 bridgehead atoms. The van der Waals surface area contributed by atoms with Crippen molar-refractivity contribution >= 4 is 23.1 Å². The van der Waals surface area contributed by atoms with Gasteiger partial charge in [0.25, 0.3) is 0 Å². The van der Waals surface area contributed by atoms with Gasteiger partial charge in [0.2, 0.25) is 5.91 Å². The van der Waals surface area contributed by atoms with Gasteiger partial charge < -0.3 is 5.32 Å². The van der Waals surface area contributed by atoms with Gasteiger partial charge in [0.05, 0.1) is 16.3 Å². The predicted molar refractivity (Wildman–Crippen MR) is 122 cm³/mol. The van der Waals surface area contributed by atoms with Crippen LogP contribution in [0.15, 0.2) is 66.0 Å². The van der Waals surface area contributed by atoms with E-state index in [4.69, 9.17) is 9.97 Å². The molecule has 0 saturated heterocycles. The van der Waals surface area contributed by atoms with Gasteiger partial charge in [-0.1, -0.05) is 36.4 Å². The van der Waals surface area contributed by atoms with E-state index >= 15 is 0 Å². The molecule has 4 nitrogen and oxygen atoms in total. The van der Waals surface area contributed by atoms with Crippen molar-refractivity contribution in [3.05, 3.63) is 88.7 Å². The van der Waals surface area contributed by atoms with Crippen LogP contribution in [0.2, 0.25) is 0 Å². The van der Waals surface area contributed by atoms with Crippen LogP contribution in [-0.4, -0.2) is 15.9 Å². The van der Waals surface area contributed by atoms with E-state index in [1.807, 2.05) is 47.8 Å². The summed E-state index contributed by atoms with van der Waals surface area (Å²) in [4.78, 5) is 23.3. The van der Waals surface area contributed by atoms with Crippen molar-refractivity contribution in [2.75, 3.05) is 5.32 Å². The van der Waals surface area contributed by atoms with Crippen LogP contribution in [0.25, 0.3) is 21.8 Å². The van der Waals surface area contributed by atoms with Crippen molar-refractivity contribution in [2.45, 2.75) is 25.7 Å². The van der Waals surface area contributed by atoms with Crippen molar-refractivity contribution in [1.29, 1.82) is 0 Å². The second-order valence-corrected chi connectivity index (χ2v) is 8.48. The van der Waals surface area contributed by atoms with E-state index in [0.29, 0.717) is 37.2 Å². The van der Waals surface area contributed by atoms with E-state index < -0.39 is 0 Å². The number of halogens is 1. The number of hydrogen-bond acceptors (Lipinski definition) is 4. The molecule has 0 aliphatic heterocycles. The maximum absolute atomic E-state index is 13.7. The van der Waals surface area contributed by atoms with Crippen molar-refractivity contribution in [3.8, 4) is 21.8 Å². The average Bonchev–Trinajstić information content (AvgIpc) is 3.32. The molecule has 1 N–H and O–H groups in total. The number of benzene rings is 2. The molecule has 1 aliphatic rings. The van der Waals surface area contributed by atoms with Crippen molar-refractivity contribution in [1.82, 2.24) is 9.97 Å². The lowest BCUT2D eigenvalue weighted by Crippen LogP contribution is -2.17. The van der Waals surface area contributed by atoms with Crippen LogP contribution in [-0.2, 0) is 24.1 Å². The zero-order valence-electron chi connectivity index (χ0n) is 16.8. The number of amides is 1. The second-order valence-electron chi connectivity index (χ2n) is 7.53. The van der Waals surface area contributed by atoms with Gasteiger partial charge in [-0.3, -0.25) is 4.79 Å². The van der Waals surface area contributed by atoms with Crippen molar-refractivity contribution < 1.29 is 9.18 Å². The number of nitrogens with zero attached hydrogens (tertiary/aromatic N) is 2. The molecular formula is C25H20FN3OS. The maximum atomic E-state index is 13.7. The number of rotatable bonds is 5. The van der Waals surface area contributed by atoms with Gasteiger partial charge in [-0.2, -0.15) is 0 Å². The molecule has 1 amide bonds. The number of carbonyl (C=O) groups is 1. The van der Waals surface area contributed by atoms with E-state index in [2.05, 4.69) is 5.32 Å². The number of nitrogens with one attached hydrogen (secondary N) is 1. The van der Waals surface area contributed by atoms with Crippen LogP contribution >= 0.6 is 11.3 Å². The number of carbonyl (C=O) groups excluding carboxylic acids is 1. The summed E-state index contributed by atoms with van der Waals surface area (Å²) in [5.41, 5.74) is 5.23. The molecule has 0 spiro atoms. The second kappa shape index (κ2) is 8.40. The van der Waals surface area contributed by atoms with Crippen LogP contribution in [0.5, 0.6) is 0 Å². The highest BCUT2D eigenvalue weighted by atomic mass is 32.1. The van der Waals surface area contributed by atoms with Gasteiger partial charge in [-0.05, 0) is 60.0 Å². The number of thiophene rings is 1. The fraction of sp³-hybridized carbons (Fsp3) is 0.160. The summed E-state index contributed by atoms with van der Waals surface area (Å²) < 4.78 is 13.7. The van der Waals surface area contributed by atoms with Gasteiger partial charge in [0.1, 0.15) is 11.5 Å². The van der Waals surface area contributed by atoms with E-state index in [1.165, 1.54) is 6.07 Å². The molecule has 5 rings (SSSR count). The van der Waals surface area contributed by atoms with Crippen LogP contribution in [0.4, 0.5) is 10.2 Å². The molecule has 0 unspecified atom stereocenters. The molecule has 2 aromatic heterocycles. The number of anilines is 1. The van der Waals surface area contributed by atoms with E-state index in [0.717, 1.165) is 33.0 Å². The summed E-state index contributed by atoms with van der Waals surface area (Å²) in [5.74, 6) is 0.162. The first kappa shape index (κ1) is 19.6. The summed E-state index contributed by atoms with van der Waals surface area (Å²) in [7, 11) is 0. The molecule has 0 fully saturated rings. The highest BCUT2D eigenvalue weighted by Crippen LogP contribution is 2.37. The number of aromatic nitrogens is 2. The normalized spacial score (nSPS) is 12.2. The molecular weight excluding hydrogens is 409 g/mol. The molecule has 0 radical (unpaired) electrons. The summed E-state index contributed by atoms with van der Waals surface area (Å²) in [6.45, 7) is 0.